The second-order valence-electron chi connectivity index (χ2n) is 9.63. The molecule has 6 heteroatoms. The predicted octanol–water partition coefficient (Wildman–Crippen LogP) is 2.96. The van der Waals surface area contributed by atoms with Crippen LogP contribution >= 0.6 is 0 Å². The fourth-order valence-corrected chi connectivity index (χ4v) is 6.64. The van der Waals surface area contributed by atoms with Gasteiger partial charge < -0.3 is 19.3 Å². The van der Waals surface area contributed by atoms with Gasteiger partial charge in [0, 0.05) is 31.9 Å². The first-order valence-electron chi connectivity index (χ1n) is 11.4. The molecule has 0 atom stereocenters. The van der Waals surface area contributed by atoms with Gasteiger partial charge in [-0.25, -0.2) is 0 Å². The lowest BCUT2D eigenvalue weighted by molar-refractivity contribution is -0.166. The van der Waals surface area contributed by atoms with E-state index in [4.69, 9.17) is 9.47 Å². The van der Waals surface area contributed by atoms with E-state index in [9.17, 15) is 9.59 Å². The number of ether oxygens (including phenoxy) is 2. The molecule has 5 aliphatic rings. The minimum absolute atomic E-state index is 0.0394. The molecule has 4 saturated carbocycles. The molecule has 0 radical (unpaired) electrons. The highest BCUT2D eigenvalue weighted by molar-refractivity contribution is 5.82. The molecule has 1 heterocycles. The zero-order chi connectivity index (χ0) is 20.7. The van der Waals surface area contributed by atoms with E-state index in [1.807, 2.05) is 29.2 Å². The van der Waals surface area contributed by atoms with Crippen molar-refractivity contribution >= 4 is 17.6 Å². The number of carbonyl (C=O) groups is 2. The van der Waals surface area contributed by atoms with Crippen LogP contribution in [0.25, 0.3) is 0 Å². The van der Waals surface area contributed by atoms with Crippen LogP contribution in [0.4, 0.5) is 5.69 Å². The first-order chi connectivity index (χ1) is 14.6. The van der Waals surface area contributed by atoms with Gasteiger partial charge in [-0.15, -0.1) is 0 Å². The van der Waals surface area contributed by atoms with Gasteiger partial charge in [0.2, 0.25) is 0 Å². The van der Waals surface area contributed by atoms with Crippen LogP contribution in [-0.2, 0) is 14.3 Å². The molecule has 0 unspecified atom stereocenters. The van der Waals surface area contributed by atoms with E-state index in [2.05, 4.69) is 4.90 Å². The largest absolute Gasteiger partial charge is 0.497 e. The van der Waals surface area contributed by atoms with Crippen LogP contribution < -0.4 is 9.64 Å². The van der Waals surface area contributed by atoms with Crippen LogP contribution in [0, 0.1) is 29.6 Å². The average molecular weight is 413 g/mol. The molecule has 0 N–H and O–H groups in total. The Morgan fingerprint density at radius 2 is 1.50 bits per heavy atom. The van der Waals surface area contributed by atoms with Crippen molar-refractivity contribution in [2.45, 2.75) is 32.1 Å². The maximum atomic E-state index is 12.8. The first-order valence-corrected chi connectivity index (χ1v) is 11.4. The number of rotatable bonds is 5. The summed E-state index contributed by atoms with van der Waals surface area (Å²) >= 11 is 0. The van der Waals surface area contributed by atoms with Crippen molar-refractivity contribution in [3.8, 4) is 5.75 Å². The van der Waals surface area contributed by atoms with E-state index in [0.29, 0.717) is 24.9 Å². The summed E-state index contributed by atoms with van der Waals surface area (Å²) in [5, 5.41) is 0. The van der Waals surface area contributed by atoms with E-state index in [1.54, 1.807) is 7.11 Å². The van der Waals surface area contributed by atoms with E-state index >= 15 is 0 Å². The molecule has 30 heavy (non-hydrogen) atoms. The Kier molecular flexibility index (Phi) is 5.34. The lowest BCUT2D eigenvalue weighted by Gasteiger charge is -2.53. The number of nitrogens with zero attached hydrogens (tertiary/aromatic N) is 2. The number of hydrogen-bond acceptors (Lipinski definition) is 5. The van der Waals surface area contributed by atoms with Gasteiger partial charge in [0.1, 0.15) is 5.75 Å². The van der Waals surface area contributed by atoms with Crippen molar-refractivity contribution in [1.29, 1.82) is 0 Å². The number of methoxy groups -OCH3 is 1. The SMILES string of the molecule is COc1ccc(N2CCN(C(=O)COC(=O)C3C4CC5CC(C4)CC3C5)CC2)cc1. The topological polar surface area (TPSA) is 59.1 Å². The fourth-order valence-electron chi connectivity index (χ4n) is 6.64. The van der Waals surface area contributed by atoms with Gasteiger partial charge in [-0.1, -0.05) is 0 Å². The Labute approximate surface area is 178 Å². The summed E-state index contributed by atoms with van der Waals surface area (Å²) in [6.45, 7) is 2.76. The normalized spacial score (nSPS) is 32.2. The van der Waals surface area contributed by atoms with Gasteiger partial charge in [0.05, 0.1) is 13.0 Å². The molecule has 5 fully saturated rings. The van der Waals surface area contributed by atoms with E-state index < -0.39 is 0 Å². The van der Waals surface area contributed by atoms with E-state index in [1.165, 1.54) is 32.1 Å². The lowest BCUT2D eigenvalue weighted by Crippen LogP contribution is -2.51. The minimum atomic E-state index is -0.117. The quantitative estimate of drug-likeness (QED) is 0.696. The van der Waals surface area contributed by atoms with Gasteiger partial charge in [0.25, 0.3) is 5.91 Å². The number of hydrogen-bond donors (Lipinski definition) is 0. The van der Waals surface area contributed by atoms with Gasteiger partial charge in [-0.05, 0) is 80.0 Å². The summed E-state index contributed by atoms with van der Waals surface area (Å²) < 4.78 is 10.8. The lowest BCUT2D eigenvalue weighted by atomic mass is 9.52. The highest BCUT2D eigenvalue weighted by Crippen LogP contribution is 2.56. The second kappa shape index (κ2) is 8.12. The molecule has 0 aromatic heterocycles. The summed E-state index contributed by atoms with van der Waals surface area (Å²) in [7, 11) is 1.66. The summed E-state index contributed by atoms with van der Waals surface area (Å²) in [4.78, 5) is 29.5. The highest BCUT2D eigenvalue weighted by atomic mass is 16.5. The molecule has 4 aliphatic carbocycles. The third-order valence-corrected chi connectivity index (χ3v) is 7.91. The average Bonchev–Trinajstić information content (AvgIpc) is 2.77. The predicted molar refractivity (Wildman–Crippen MR) is 113 cm³/mol. The van der Waals surface area contributed by atoms with Crippen LogP contribution in [-0.4, -0.2) is 56.7 Å². The number of amides is 1. The van der Waals surface area contributed by atoms with Crippen molar-refractivity contribution in [3.63, 3.8) is 0 Å². The van der Waals surface area contributed by atoms with Crippen LogP contribution in [0.3, 0.4) is 0 Å². The zero-order valence-electron chi connectivity index (χ0n) is 17.8. The van der Waals surface area contributed by atoms with Crippen molar-refractivity contribution in [2.24, 2.45) is 29.6 Å². The third kappa shape index (κ3) is 3.77. The number of benzene rings is 1. The summed E-state index contributed by atoms with van der Waals surface area (Å²) in [6, 6.07) is 8.00. The monoisotopic (exact) mass is 412 g/mol. The van der Waals surface area contributed by atoms with Crippen LogP contribution in [0.2, 0.25) is 0 Å². The van der Waals surface area contributed by atoms with Gasteiger partial charge in [-0.3, -0.25) is 9.59 Å². The molecule has 1 aromatic rings. The fraction of sp³-hybridized carbons (Fsp3) is 0.667. The highest BCUT2D eigenvalue weighted by Gasteiger charge is 2.51. The molecule has 0 spiro atoms. The standard InChI is InChI=1S/C24H32N2O4/c1-29-21-4-2-20(3-5-21)25-6-8-26(9-7-25)22(27)15-30-24(28)23-18-11-16-10-17(13-18)14-19(23)12-16/h2-5,16-19,23H,6-15H2,1H3. The molecule has 6 rings (SSSR count). The molecule has 1 aromatic carbocycles. The summed E-state index contributed by atoms with van der Waals surface area (Å²) in [5.74, 6) is 3.36. The van der Waals surface area contributed by atoms with Crippen LogP contribution in [0.1, 0.15) is 32.1 Å². The molecule has 162 valence electrons. The Bertz CT molecular complexity index is 757. The van der Waals surface area contributed by atoms with Crippen molar-refractivity contribution in [1.82, 2.24) is 4.90 Å². The third-order valence-electron chi connectivity index (χ3n) is 7.91. The molecule has 1 saturated heterocycles. The number of anilines is 1. The molecule has 1 amide bonds. The molecule has 1 aliphatic heterocycles. The van der Waals surface area contributed by atoms with Crippen molar-refractivity contribution in [2.75, 3.05) is 44.8 Å². The van der Waals surface area contributed by atoms with Crippen LogP contribution in [0.5, 0.6) is 5.75 Å². The Hall–Kier alpha value is -2.24. The van der Waals surface area contributed by atoms with Gasteiger partial charge in [0.15, 0.2) is 6.61 Å². The Morgan fingerprint density at radius 3 is 2.07 bits per heavy atom. The summed E-state index contributed by atoms with van der Waals surface area (Å²) in [5.41, 5.74) is 1.14. The first kappa shape index (κ1) is 19.7. The molecular weight excluding hydrogens is 380 g/mol. The second-order valence-corrected chi connectivity index (χ2v) is 9.63. The maximum absolute atomic E-state index is 12.8. The van der Waals surface area contributed by atoms with Crippen molar-refractivity contribution < 1.29 is 19.1 Å². The van der Waals surface area contributed by atoms with E-state index in [0.717, 1.165) is 36.4 Å². The maximum Gasteiger partial charge on any atom is 0.310 e. The van der Waals surface area contributed by atoms with Crippen LogP contribution in [0.15, 0.2) is 24.3 Å². The zero-order valence-corrected chi connectivity index (χ0v) is 17.8. The molecular formula is C24H32N2O4. The van der Waals surface area contributed by atoms with Gasteiger partial charge >= 0.3 is 5.97 Å². The molecule has 4 bridgehead atoms. The number of carbonyl (C=O) groups excluding carboxylic acids is 2. The van der Waals surface area contributed by atoms with Gasteiger partial charge in [-0.2, -0.15) is 0 Å². The van der Waals surface area contributed by atoms with E-state index in [-0.39, 0.29) is 24.4 Å². The number of piperazine rings is 1. The number of esters is 1. The Morgan fingerprint density at radius 1 is 0.900 bits per heavy atom. The smallest absolute Gasteiger partial charge is 0.310 e. The summed E-state index contributed by atoms with van der Waals surface area (Å²) in [6.07, 6.45) is 6.12. The minimum Gasteiger partial charge on any atom is -0.497 e. The van der Waals surface area contributed by atoms with Crippen molar-refractivity contribution in [3.05, 3.63) is 24.3 Å². The molecule has 6 nitrogen and oxygen atoms in total. The Balaban J connectivity index is 1.09.